The van der Waals surface area contributed by atoms with E-state index in [9.17, 15) is 22.8 Å². The Morgan fingerprint density at radius 3 is 1.63 bits per heavy atom. The van der Waals surface area contributed by atoms with Crippen molar-refractivity contribution in [3.8, 4) is 0 Å². The molecule has 0 heterocycles. The molecule has 0 radical (unpaired) electrons. The second kappa shape index (κ2) is 6.21. The predicted molar refractivity (Wildman–Crippen MR) is 58.2 cm³/mol. The van der Waals surface area contributed by atoms with E-state index < -0.39 is 40.5 Å². The van der Waals surface area contributed by atoms with Gasteiger partial charge in [-0.05, 0) is 13.8 Å². The first kappa shape index (κ1) is 15.0. The number of hydrogen-bond acceptors (Lipinski definition) is 4. The van der Waals surface area contributed by atoms with E-state index in [1.807, 2.05) is 0 Å². The monoisotopic (exact) mass is 276 g/mol. The Kier molecular flexibility index (Phi) is 4.91. The molecule has 0 bridgehead atoms. The van der Waals surface area contributed by atoms with Gasteiger partial charge in [0.25, 0.3) is 0 Å². The van der Waals surface area contributed by atoms with Gasteiger partial charge in [0, 0.05) is 6.07 Å². The highest BCUT2D eigenvalue weighted by atomic mass is 19.1. The summed E-state index contributed by atoms with van der Waals surface area (Å²) in [5.41, 5.74) is -2.24. The molecule has 1 aromatic rings. The Bertz CT molecular complexity index is 472. The molecule has 7 heteroatoms. The summed E-state index contributed by atoms with van der Waals surface area (Å²) in [6, 6.07) is 0.238. The molecular weight excluding hydrogens is 265 g/mol. The van der Waals surface area contributed by atoms with Gasteiger partial charge in [-0.15, -0.1) is 0 Å². The molecular formula is C12H11F3O4. The maximum Gasteiger partial charge on any atom is 0.344 e. The predicted octanol–water partition coefficient (Wildman–Crippen LogP) is 2.46. The molecule has 0 fully saturated rings. The fraction of sp³-hybridized carbons (Fsp3) is 0.333. The van der Waals surface area contributed by atoms with Gasteiger partial charge in [0.1, 0.15) is 22.8 Å². The Morgan fingerprint density at radius 2 is 1.32 bits per heavy atom. The molecule has 0 spiro atoms. The lowest BCUT2D eigenvalue weighted by atomic mass is 10.1. The van der Waals surface area contributed by atoms with E-state index in [1.165, 1.54) is 13.8 Å². The molecule has 19 heavy (non-hydrogen) atoms. The largest absolute Gasteiger partial charge is 0.462 e. The summed E-state index contributed by atoms with van der Waals surface area (Å²) < 4.78 is 49.5. The van der Waals surface area contributed by atoms with Gasteiger partial charge >= 0.3 is 11.9 Å². The molecule has 0 aliphatic heterocycles. The minimum absolute atomic E-state index is 0.121. The van der Waals surface area contributed by atoms with Crippen LogP contribution in [-0.2, 0) is 9.47 Å². The number of hydrogen-bond donors (Lipinski definition) is 0. The van der Waals surface area contributed by atoms with Gasteiger partial charge in [0.15, 0.2) is 5.82 Å². The molecule has 0 saturated heterocycles. The molecule has 1 rings (SSSR count). The summed E-state index contributed by atoms with van der Waals surface area (Å²) in [6.07, 6.45) is 0. The third kappa shape index (κ3) is 3.04. The summed E-state index contributed by atoms with van der Waals surface area (Å²) in [7, 11) is 0. The molecule has 0 aliphatic rings. The van der Waals surface area contributed by atoms with Crippen molar-refractivity contribution in [1.29, 1.82) is 0 Å². The maximum absolute atomic E-state index is 13.9. The van der Waals surface area contributed by atoms with E-state index >= 15 is 0 Å². The van der Waals surface area contributed by atoms with E-state index in [-0.39, 0.29) is 19.3 Å². The quantitative estimate of drug-likeness (QED) is 0.793. The van der Waals surface area contributed by atoms with Crippen molar-refractivity contribution in [3.05, 3.63) is 34.6 Å². The Morgan fingerprint density at radius 1 is 0.947 bits per heavy atom. The van der Waals surface area contributed by atoms with Crippen LogP contribution in [0.4, 0.5) is 13.2 Å². The van der Waals surface area contributed by atoms with Crippen LogP contribution in [0.2, 0.25) is 0 Å². The first-order valence-electron chi connectivity index (χ1n) is 5.45. The minimum Gasteiger partial charge on any atom is -0.462 e. The molecule has 1 aromatic carbocycles. The van der Waals surface area contributed by atoms with Gasteiger partial charge in [-0.2, -0.15) is 0 Å². The van der Waals surface area contributed by atoms with E-state index in [0.29, 0.717) is 0 Å². The van der Waals surface area contributed by atoms with Crippen LogP contribution >= 0.6 is 0 Å². The van der Waals surface area contributed by atoms with E-state index in [0.717, 1.165) is 0 Å². The molecule has 4 nitrogen and oxygen atoms in total. The van der Waals surface area contributed by atoms with Crippen LogP contribution in [0.5, 0.6) is 0 Å². The van der Waals surface area contributed by atoms with Crippen LogP contribution in [0.25, 0.3) is 0 Å². The van der Waals surface area contributed by atoms with Crippen molar-refractivity contribution in [2.75, 3.05) is 13.2 Å². The molecule has 0 amide bonds. The van der Waals surface area contributed by atoms with Crippen LogP contribution in [0, 0.1) is 17.5 Å². The third-order valence-electron chi connectivity index (χ3n) is 2.13. The SMILES string of the molecule is CCOC(=O)c1c(F)cc(F)c(C(=O)OCC)c1F. The lowest BCUT2D eigenvalue weighted by Crippen LogP contribution is -2.17. The topological polar surface area (TPSA) is 52.6 Å². The number of halogens is 3. The molecule has 0 saturated carbocycles. The standard InChI is InChI=1S/C12H11F3O4/c1-3-18-11(16)8-6(13)5-7(14)9(10(8)15)12(17)19-4-2/h5H,3-4H2,1-2H3. The molecule has 0 atom stereocenters. The number of benzene rings is 1. The second-order valence-electron chi connectivity index (χ2n) is 3.35. The summed E-state index contributed by atoms with van der Waals surface area (Å²) in [5.74, 6) is -7.15. The third-order valence-corrected chi connectivity index (χ3v) is 2.13. The number of ether oxygens (including phenoxy) is 2. The Labute approximate surface area is 107 Å². The fourth-order valence-electron chi connectivity index (χ4n) is 1.37. The average molecular weight is 276 g/mol. The van der Waals surface area contributed by atoms with Crippen molar-refractivity contribution in [2.24, 2.45) is 0 Å². The van der Waals surface area contributed by atoms with Crippen molar-refractivity contribution < 1.29 is 32.2 Å². The summed E-state index contributed by atoms with van der Waals surface area (Å²) >= 11 is 0. The van der Waals surface area contributed by atoms with Crippen molar-refractivity contribution in [2.45, 2.75) is 13.8 Å². The normalized spacial score (nSPS) is 10.2. The minimum atomic E-state index is -1.63. The summed E-state index contributed by atoms with van der Waals surface area (Å²) in [5, 5.41) is 0. The van der Waals surface area contributed by atoms with Crippen molar-refractivity contribution in [3.63, 3.8) is 0 Å². The Hall–Kier alpha value is -2.05. The van der Waals surface area contributed by atoms with Gasteiger partial charge in [0.05, 0.1) is 13.2 Å². The molecule has 0 unspecified atom stereocenters. The lowest BCUT2D eigenvalue weighted by molar-refractivity contribution is 0.0507. The molecule has 0 aromatic heterocycles. The van der Waals surface area contributed by atoms with Crippen LogP contribution < -0.4 is 0 Å². The summed E-state index contributed by atoms with van der Waals surface area (Å²) in [4.78, 5) is 22.7. The zero-order chi connectivity index (χ0) is 14.6. The van der Waals surface area contributed by atoms with Crippen LogP contribution in [-0.4, -0.2) is 25.2 Å². The zero-order valence-electron chi connectivity index (χ0n) is 10.3. The number of carbonyl (C=O) groups is 2. The fourth-order valence-corrected chi connectivity index (χ4v) is 1.37. The van der Waals surface area contributed by atoms with E-state index in [1.54, 1.807) is 0 Å². The smallest absolute Gasteiger partial charge is 0.344 e. The van der Waals surface area contributed by atoms with Gasteiger partial charge in [-0.3, -0.25) is 0 Å². The Balaban J connectivity index is 3.38. The zero-order valence-corrected chi connectivity index (χ0v) is 10.3. The first-order valence-corrected chi connectivity index (χ1v) is 5.45. The highest BCUT2D eigenvalue weighted by molar-refractivity contribution is 5.96. The molecule has 0 aliphatic carbocycles. The van der Waals surface area contributed by atoms with Crippen molar-refractivity contribution in [1.82, 2.24) is 0 Å². The van der Waals surface area contributed by atoms with Crippen LogP contribution in [0.3, 0.4) is 0 Å². The van der Waals surface area contributed by atoms with Gasteiger partial charge in [-0.25, -0.2) is 22.8 Å². The second-order valence-corrected chi connectivity index (χ2v) is 3.35. The van der Waals surface area contributed by atoms with E-state index in [4.69, 9.17) is 0 Å². The summed E-state index contributed by atoms with van der Waals surface area (Å²) in [6.45, 7) is 2.63. The highest BCUT2D eigenvalue weighted by Gasteiger charge is 2.29. The number of rotatable bonds is 4. The van der Waals surface area contributed by atoms with Gasteiger partial charge in [0.2, 0.25) is 0 Å². The van der Waals surface area contributed by atoms with E-state index in [2.05, 4.69) is 9.47 Å². The maximum atomic E-state index is 13.9. The van der Waals surface area contributed by atoms with Gasteiger partial charge in [-0.1, -0.05) is 0 Å². The van der Waals surface area contributed by atoms with Gasteiger partial charge < -0.3 is 9.47 Å². The first-order chi connectivity index (χ1) is 8.93. The molecule has 0 N–H and O–H groups in total. The highest BCUT2D eigenvalue weighted by Crippen LogP contribution is 2.22. The average Bonchev–Trinajstić information content (AvgIpc) is 2.28. The number of esters is 2. The lowest BCUT2D eigenvalue weighted by Gasteiger charge is -2.09. The van der Waals surface area contributed by atoms with Crippen LogP contribution in [0.1, 0.15) is 34.6 Å². The molecule has 104 valence electrons. The van der Waals surface area contributed by atoms with Crippen LogP contribution in [0.15, 0.2) is 6.07 Å². The van der Waals surface area contributed by atoms with Crippen molar-refractivity contribution >= 4 is 11.9 Å². The number of carbonyl (C=O) groups excluding carboxylic acids is 2.